The molecule has 5 rings (SSSR count). The van der Waals surface area contributed by atoms with E-state index in [9.17, 15) is 19.2 Å². The molecular formula is C30H27N3O5S. The highest BCUT2D eigenvalue weighted by Crippen LogP contribution is 2.32. The Morgan fingerprint density at radius 2 is 1.69 bits per heavy atom. The van der Waals surface area contributed by atoms with Gasteiger partial charge in [-0.1, -0.05) is 54.6 Å². The quantitative estimate of drug-likeness (QED) is 0.438. The van der Waals surface area contributed by atoms with Crippen molar-refractivity contribution in [1.82, 2.24) is 9.80 Å². The lowest BCUT2D eigenvalue weighted by molar-refractivity contribution is -0.136. The van der Waals surface area contributed by atoms with Gasteiger partial charge in [0.05, 0.1) is 4.91 Å². The van der Waals surface area contributed by atoms with Gasteiger partial charge in [0.15, 0.2) is 6.61 Å². The molecule has 1 N–H and O–H groups in total. The van der Waals surface area contributed by atoms with E-state index in [0.29, 0.717) is 24.4 Å². The second-order valence-electron chi connectivity index (χ2n) is 9.32. The van der Waals surface area contributed by atoms with Gasteiger partial charge in [-0.3, -0.25) is 24.1 Å². The minimum absolute atomic E-state index is 0.150. The lowest BCUT2D eigenvalue weighted by Crippen LogP contribution is -2.44. The van der Waals surface area contributed by atoms with Crippen molar-refractivity contribution in [3.05, 3.63) is 100.0 Å². The van der Waals surface area contributed by atoms with Gasteiger partial charge < -0.3 is 15.0 Å². The predicted molar refractivity (Wildman–Crippen MR) is 150 cm³/mol. The summed E-state index contributed by atoms with van der Waals surface area (Å²) in [6, 6.07) is 22.3. The molecule has 39 heavy (non-hydrogen) atoms. The molecule has 0 saturated carbocycles. The van der Waals surface area contributed by atoms with Crippen LogP contribution in [0, 0.1) is 6.92 Å². The number of benzene rings is 3. The van der Waals surface area contributed by atoms with Crippen LogP contribution in [-0.4, -0.2) is 52.5 Å². The van der Waals surface area contributed by atoms with Crippen LogP contribution >= 0.6 is 11.8 Å². The molecule has 3 aromatic carbocycles. The summed E-state index contributed by atoms with van der Waals surface area (Å²) in [4.78, 5) is 53.5. The minimum atomic E-state index is -0.482. The van der Waals surface area contributed by atoms with Crippen LogP contribution in [0.15, 0.2) is 77.7 Å². The number of nitrogens with one attached hydrogen (secondary N) is 1. The summed E-state index contributed by atoms with van der Waals surface area (Å²) >= 11 is 0.818. The maximum atomic E-state index is 12.9. The van der Waals surface area contributed by atoms with Crippen molar-refractivity contribution in [3.8, 4) is 5.75 Å². The molecule has 1 fully saturated rings. The molecule has 4 amide bonds. The lowest BCUT2D eigenvalue weighted by atomic mass is 10.00. The first-order valence-corrected chi connectivity index (χ1v) is 13.4. The van der Waals surface area contributed by atoms with E-state index < -0.39 is 11.1 Å². The second-order valence-corrected chi connectivity index (χ2v) is 10.3. The van der Waals surface area contributed by atoms with Gasteiger partial charge in [0, 0.05) is 18.8 Å². The van der Waals surface area contributed by atoms with Crippen molar-refractivity contribution in [3.63, 3.8) is 0 Å². The van der Waals surface area contributed by atoms with E-state index >= 15 is 0 Å². The number of thioether (sulfide) groups is 1. The van der Waals surface area contributed by atoms with Crippen molar-refractivity contribution in [2.75, 3.05) is 25.0 Å². The van der Waals surface area contributed by atoms with Crippen LogP contribution in [0.2, 0.25) is 0 Å². The number of ether oxygens (including phenoxy) is 1. The Morgan fingerprint density at radius 1 is 0.974 bits per heavy atom. The standard InChI is InChI=1S/C30H27N3O5S/c1-20-6-2-5-9-25(20)31-27(34)19-38-24-12-10-21(11-13-24)16-26-29(36)33(30(37)39-26)18-28(35)32-15-14-22-7-3-4-8-23(22)17-32/h2-13,16H,14-15,17-19H2,1H3,(H,31,34)/b26-16-. The molecule has 2 aliphatic rings. The SMILES string of the molecule is Cc1ccccc1NC(=O)COc1ccc(/C=C2\SC(=O)N(CC(=O)N3CCc4ccccc4C3)C2=O)cc1. The zero-order valence-electron chi connectivity index (χ0n) is 21.4. The fourth-order valence-electron chi connectivity index (χ4n) is 4.44. The second kappa shape index (κ2) is 11.6. The van der Waals surface area contributed by atoms with E-state index in [1.807, 2.05) is 49.4 Å². The minimum Gasteiger partial charge on any atom is -0.484 e. The molecule has 8 nitrogen and oxygen atoms in total. The van der Waals surface area contributed by atoms with Crippen LogP contribution in [0.5, 0.6) is 5.75 Å². The molecule has 0 aromatic heterocycles. The zero-order valence-corrected chi connectivity index (χ0v) is 22.2. The van der Waals surface area contributed by atoms with Crippen molar-refractivity contribution in [1.29, 1.82) is 0 Å². The topological polar surface area (TPSA) is 96.0 Å². The van der Waals surface area contributed by atoms with Crippen molar-refractivity contribution >= 4 is 46.5 Å². The van der Waals surface area contributed by atoms with Crippen LogP contribution in [-0.2, 0) is 27.3 Å². The van der Waals surface area contributed by atoms with E-state index in [1.165, 1.54) is 5.56 Å². The summed E-state index contributed by atoms with van der Waals surface area (Å²) in [6.45, 7) is 2.52. The number of fused-ring (bicyclic) bond motifs is 1. The number of rotatable bonds is 7. The molecule has 0 atom stereocenters. The van der Waals surface area contributed by atoms with Gasteiger partial charge in [-0.05, 0) is 71.6 Å². The number of hydrogen-bond acceptors (Lipinski definition) is 6. The summed E-state index contributed by atoms with van der Waals surface area (Å²) in [5.41, 5.74) is 4.69. The van der Waals surface area contributed by atoms with Crippen LogP contribution in [0.3, 0.4) is 0 Å². The number of amides is 4. The molecule has 0 unspecified atom stereocenters. The van der Waals surface area contributed by atoms with Crippen LogP contribution in [0.1, 0.15) is 22.3 Å². The first-order chi connectivity index (χ1) is 18.9. The molecule has 198 valence electrons. The van der Waals surface area contributed by atoms with Gasteiger partial charge in [-0.25, -0.2) is 0 Å². The Kier molecular flexibility index (Phi) is 7.79. The average molecular weight is 542 g/mol. The van der Waals surface area contributed by atoms with E-state index in [1.54, 1.807) is 35.2 Å². The van der Waals surface area contributed by atoms with Gasteiger partial charge in [0.2, 0.25) is 5.91 Å². The Balaban J connectivity index is 1.15. The molecule has 0 bridgehead atoms. The van der Waals surface area contributed by atoms with Gasteiger partial charge >= 0.3 is 0 Å². The smallest absolute Gasteiger partial charge is 0.294 e. The Labute approximate surface area is 230 Å². The highest BCUT2D eigenvalue weighted by Gasteiger charge is 2.37. The number of nitrogens with zero attached hydrogens (tertiary/aromatic N) is 2. The summed E-state index contributed by atoms with van der Waals surface area (Å²) in [6.07, 6.45) is 2.36. The highest BCUT2D eigenvalue weighted by atomic mass is 32.2. The summed E-state index contributed by atoms with van der Waals surface area (Å²) in [7, 11) is 0. The molecule has 3 aromatic rings. The van der Waals surface area contributed by atoms with E-state index in [4.69, 9.17) is 4.74 Å². The maximum absolute atomic E-state index is 12.9. The predicted octanol–water partition coefficient (Wildman–Crippen LogP) is 4.63. The maximum Gasteiger partial charge on any atom is 0.294 e. The number of carbonyl (C=O) groups is 4. The molecular weight excluding hydrogens is 514 g/mol. The average Bonchev–Trinajstić information content (AvgIpc) is 3.20. The molecule has 0 aliphatic carbocycles. The summed E-state index contributed by atoms with van der Waals surface area (Å²) < 4.78 is 5.57. The van der Waals surface area contributed by atoms with Gasteiger partial charge in [0.25, 0.3) is 17.1 Å². The summed E-state index contributed by atoms with van der Waals surface area (Å²) in [5.74, 6) is -0.510. The van der Waals surface area contributed by atoms with Gasteiger partial charge in [0.1, 0.15) is 12.3 Å². The van der Waals surface area contributed by atoms with Crippen LogP contribution in [0.25, 0.3) is 6.08 Å². The van der Waals surface area contributed by atoms with Crippen molar-refractivity contribution < 1.29 is 23.9 Å². The molecule has 1 saturated heterocycles. The third kappa shape index (κ3) is 6.21. The number of hydrogen-bond donors (Lipinski definition) is 1. The fourth-order valence-corrected chi connectivity index (χ4v) is 5.28. The summed E-state index contributed by atoms with van der Waals surface area (Å²) in [5, 5.41) is 2.35. The first-order valence-electron chi connectivity index (χ1n) is 12.6. The Morgan fingerprint density at radius 3 is 2.46 bits per heavy atom. The highest BCUT2D eigenvalue weighted by molar-refractivity contribution is 8.18. The molecule has 0 spiro atoms. The number of carbonyl (C=O) groups excluding carboxylic acids is 4. The number of imide groups is 1. The van der Waals surface area contributed by atoms with Gasteiger partial charge in [-0.15, -0.1) is 0 Å². The Bertz CT molecular complexity index is 1470. The van der Waals surface area contributed by atoms with Crippen molar-refractivity contribution in [2.45, 2.75) is 19.9 Å². The van der Waals surface area contributed by atoms with Crippen LogP contribution < -0.4 is 10.1 Å². The van der Waals surface area contributed by atoms with E-state index in [-0.39, 0.29) is 29.9 Å². The van der Waals surface area contributed by atoms with E-state index in [2.05, 4.69) is 11.4 Å². The third-order valence-electron chi connectivity index (χ3n) is 6.62. The van der Waals surface area contributed by atoms with Gasteiger partial charge in [-0.2, -0.15) is 0 Å². The molecule has 9 heteroatoms. The Hall–Kier alpha value is -4.37. The van der Waals surface area contributed by atoms with E-state index in [0.717, 1.165) is 39.9 Å². The monoisotopic (exact) mass is 541 g/mol. The first kappa shape index (κ1) is 26.2. The molecule has 2 heterocycles. The molecule has 2 aliphatic heterocycles. The number of aryl methyl sites for hydroxylation is 1. The van der Waals surface area contributed by atoms with Crippen LogP contribution in [0.4, 0.5) is 10.5 Å². The normalized spacial score (nSPS) is 15.9. The van der Waals surface area contributed by atoms with Crippen molar-refractivity contribution in [2.24, 2.45) is 0 Å². The zero-order chi connectivity index (χ0) is 27.4. The largest absolute Gasteiger partial charge is 0.484 e. The number of para-hydroxylation sites is 1. The lowest BCUT2D eigenvalue weighted by Gasteiger charge is -2.29. The molecule has 0 radical (unpaired) electrons. The number of anilines is 1. The fraction of sp³-hybridized carbons (Fsp3) is 0.200. The third-order valence-corrected chi connectivity index (χ3v) is 7.52.